The van der Waals surface area contributed by atoms with E-state index < -0.39 is 11.8 Å². The van der Waals surface area contributed by atoms with Crippen LogP contribution in [0.1, 0.15) is 6.42 Å². The van der Waals surface area contributed by atoms with Crippen molar-refractivity contribution >= 4 is 35.2 Å². The van der Waals surface area contributed by atoms with Gasteiger partial charge in [0.1, 0.15) is 0 Å². The summed E-state index contributed by atoms with van der Waals surface area (Å²) in [7, 11) is 0. The Morgan fingerprint density at radius 3 is 2.88 bits per heavy atom. The van der Waals surface area contributed by atoms with E-state index in [2.05, 4.69) is 10.3 Å². The highest BCUT2D eigenvalue weighted by Crippen LogP contribution is 2.08. The van der Waals surface area contributed by atoms with Gasteiger partial charge >= 0.3 is 11.8 Å². The van der Waals surface area contributed by atoms with Gasteiger partial charge in [0.25, 0.3) is 0 Å². The molecule has 3 N–H and O–H groups in total. The lowest BCUT2D eigenvalue weighted by molar-refractivity contribution is -0.148. The largest absolute Gasteiger partial charge is 0.330 e. The summed E-state index contributed by atoms with van der Waals surface area (Å²) in [5, 5.41) is 2.79. The van der Waals surface area contributed by atoms with Crippen molar-refractivity contribution in [3.63, 3.8) is 0 Å². The average molecular weight is 258 g/mol. The maximum Gasteiger partial charge on any atom is 0.318 e. The Kier molecular flexibility index (Phi) is 5.64. The summed E-state index contributed by atoms with van der Waals surface area (Å²) >= 11 is 1.36. The number of rotatable bonds is 4. The van der Waals surface area contributed by atoms with Crippen molar-refractivity contribution < 1.29 is 14.4 Å². The van der Waals surface area contributed by atoms with Crippen LogP contribution in [0.5, 0.6) is 0 Å². The van der Waals surface area contributed by atoms with Gasteiger partial charge in [0, 0.05) is 12.3 Å². The Labute approximate surface area is 103 Å². The number of nitrogens with zero attached hydrogens (tertiary/aromatic N) is 2. The second-order valence-corrected chi connectivity index (χ2v) is 4.32. The zero-order valence-electron chi connectivity index (χ0n) is 9.22. The molecule has 8 heteroatoms. The Balaban J connectivity index is 2.48. The number of nitrogens with two attached hydrogens (primary N) is 1. The molecule has 1 aliphatic rings. The second-order valence-electron chi connectivity index (χ2n) is 3.24. The van der Waals surface area contributed by atoms with Gasteiger partial charge in [-0.3, -0.25) is 29.6 Å². The number of imide groups is 1. The topological polar surface area (TPSA) is 105 Å². The van der Waals surface area contributed by atoms with Crippen molar-refractivity contribution in [2.24, 2.45) is 10.7 Å². The van der Waals surface area contributed by atoms with E-state index in [4.69, 9.17) is 5.73 Å². The molecule has 0 radical (unpaired) electrons. The van der Waals surface area contributed by atoms with E-state index in [0.29, 0.717) is 31.1 Å². The molecule has 3 amide bonds. The molecular formula is C9H14N4O3S. The van der Waals surface area contributed by atoms with Crippen LogP contribution in [0.4, 0.5) is 0 Å². The predicted octanol–water partition coefficient (Wildman–Crippen LogP) is -1.46. The van der Waals surface area contributed by atoms with Crippen molar-refractivity contribution in [2.75, 3.05) is 25.4 Å². The fraction of sp³-hybridized carbons (Fsp3) is 0.556. The second kappa shape index (κ2) is 7.02. The molecule has 0 aliphatic carbocycles. The van der Waals surface area contributed by atoms with Gasteiger partial charge in [-0.05, 0) is 13.0 Å². The molecule has 7 nitrogen and oxygen atoms in total. The van der Waals surface area contributed by atoms with E-state index in [-0.39, 0.29) is 6.54 Å². The zero-order chi connectivity index (χ0) is 12.7. The lowest BCUT2D eigenvalue weighted by atomic mass is 10.4. The van der Waals surface area contributed by atoms with E-state index in [0.717, 1.165) is 10.7 Å². The Morgan fingerprint density at radius 2 is 2.35 bits per heavy atom. The minimum absolute atomic E-state index is 0.145. The van der Waals surface area contributed by atoms with Crippen LogP contribution in [0.3, 0.4) is 0 Å². The molecule has 0 fully saturated rings. The highest BCUT2D eigenvalue weighted by molar-refractivity contribution is 8.14. The number of amides is 3. The van der Waals surface area contributed by atoms with Crippen LogP contribution in [0, 0.1) is 0 Å². The summed E-state index contributed by atoms with van der Waals surface area (Å²) in [5.74, 6) is -0.945. The van der Waals surface area contributed by atoms with E-state index in [1.807, 2.05) is 0 Å². The maximum atomic E-state index is 11.5. The molecule has 0 saturated carbocycles. The molecule has 0 aromatic heterocycles. The minimum atomic E-state index is -0.886. The first-order chi connectivity index (χ1) is 8.19. The molecule has 0 saturated heterocycles. The molecule has 94 valence electrons. The molecule has 0 unspecified atom stereocenters. The van der Waals surface area contributed by atoms with Gasteiger partial charge in [0.15, 0.2) is 5.17 Å². The average Bonchev–Trinajstić information content (AvgIpc) is 2.82. The Morgan fingerprint density at radius 1 is 1.59 bits per heavy atom. The van der Waals surface area contributed by atoms with Crippen LogP contribution in [-0.2, 0) is 14.4 Å². The lowest BCUT2D eigenvalue weighted by Crippen LogP contribution is -2.44. The molecule has 0 atom stereocenters. The fourth-order valence-corrected chi connectivity index (χ4v) is 1.88. The molecule has 0 aromatic carbocycles. The number of hydrogen-bond donors (Lipinski definition) is 2. The van der Waals surface area contributed by atoms with Crippen molar-refractivity contribution in [3.05, 3.63) is 0 Å². The number of aliphatic imine (C=N–C) groups is 1. The summed E-state index contributed by atoms with van der Waals surface area (Å²) in [6.45, 7) is 1.12. The van der Waals surface area contributed by atoms with Crippen LogP contribution in [0.2, 0.25) is 0 Å². The standard InChI is InChI=1S/C9H14N4O3S/c10-2-1-4-13(6-14)8(16)7(15)12-9-11-3-5-17-9/h6H,1-5,10H2,(H,11,12,15). The minimum Gasteiger partial charge on any atom is -0.330 e. The van der Waals surface area contributed by atoms with E-state index in [1.165, 1.54) is 11.8 Å². The third kappa shape index (κ3) is 4.16. The maximum absolute atomic E-state index is 11.5. The molecular weight excluding hydrogens is 244 g/mol. The zero-order valence-corrected chi connectivity index (χ0v) is 10.0. The predicted molar refractivity (Wildman–Crippen MR) is 64.4 cm³/mol. The van der Waals surface area contributed by atoms with Gasteiger partial charge in [-0.1, -0.05) is 11.8 Å². The molecule has 1 heterocycles. The molecule has 0 aromatic rings. The van der Waals surface area contributed by atoms with Gasteiger partial charge in [-0.2, -0.15) is 0 Å². The van der Waals surface area contributed by atoms with Gasteiger partial charge in [-0.25, -0.2) is 0 Å². The Hall–Kier alpha value is -1.41. The van der Waals surface area contributed by atoms with Crippen LogP contribution in [0.15, 0.2) is 4.99 Å². The van der Waals surface area contributed by atoms with Crippen LogP contribution in [-0.4, -0.2) is 53.7 Å². The van der Waals surface area contributed by atoms with Crippen molar-refractivity contribution in [3.8, 4) is 0 Å². The van der Waals surface area contributed by atoms with Gasteiger partial charge in [-0.15, -0.1) is 0 Å². The molecule has 0 bridgehead atoms. The van der Waals surface area contributed by atoms with Gasteiger partial charge < -0.3 is 5.73 Å². The molecule has 1 rings (SSSR count). The van der Waals surface area contributed by atoms with Crippen molar-refractivity contribution in [1.82, 2.24) is 10.2 Å². The summed E-state index contributed by atoms with van der Waals surface area (Å²) in [4.78, 5) is 38.4. The SMILES string of the molecule is NCCCN(C=O)C(=O)C(=O)NC1=NCCS1. The third-order valence-corrected chi connectivity index (χ3v) is 2.88. The van der Waals surface area contributed by atoms with Gasteiger partial charge in [0.2, 0.25) is 6.41 Å². The first-order valence-electron chi connectivity index (χ1n) is 5.13. The van der Waals surface area contributed by atoms with Crippen LogP contribution in [0.25, 0.3) is 0 Å². The lowest BCUT2D eigenvalue weighted by Gasteiger charge is -2.13. The number of nitrogens with one attached hydrogen (secondary N) is 1. The molecule has 1 aliphatic heterocycles. The number of thioether (sulfide) groups is 1. The van der Waals surface area contributed by atoms with E-state index >= 15 is 0 Å². The summed E-state index contributed by atoms with van der Waals surface area (Å²) in [5.41, 5.74) is 5.26. The first-order valence-corrected chi connectivity index (χ1v) is 6.12. The number of carbonyl (C=O) groups is 3. The highest BCUT2D eigenvalue weighted by Gasteiger charge is 2.23. The van der Waals surface area contributed by atoms with Crippen LogP contribution >= 0.6 is 11.8 Å². The summed E-state index contributed by atoms with van der Waals surface area (Å²) < 4.78 is 0. The van der Waals surface area contributed by atoms with Crippen LogP contribution < -0.4 is 11.1 Å². The van der Waals surface area contributed by atoms with E-state index in [9.17, 15) is 14.4 Å². The summed E-state index contributed by atoms with van der Waals surface area (Å²) in [6, 6.07) is 0. The number of hydrogen-bond acceptors (Lipinski definition) is 6. The molecule has 0 spiro atoms. The third-order valence-electron chi connectivity index (χ3n) is 1.99. The van der Waals surface area contributed by atoms with E-state index in [1.54, 1.807) is 0 Å². The van der Waals surface area contributed by atoms with Crippen molar-refractivity contribution in [2.45, 2.75) is 6.42 Å². The fourth-order valence-electron chi connectivity index (χ4n) is 1.16. The van der Waals surface area contributed by atoms with Crippen molar-refractivity contribution in [1.29, 1.82) is 0 Å². The monoisotopic (exact) mass is 258 g/mol. The summed E-state index contributed by atoms with van der Waals surface area (Å²) in [6.07, 6.45) is 0.800. The smallest absolute Gasteiger partial charge is 0.318 e. The quantitative estimate of drug-likeness (QED) is 0.473. The Bertz CT molecular complexity index is 345. The van der Waals surface area contributed by atoms with Gasteiger partial charge in [0.05, 0.1) is 6.54 Å². The number of carbonyl (C=O) groups excluding carboxylic acids is 3. The normalized spacial score (nSPS) is 14.1. The highest BCUT2D eigenvalue weighted by atomic mass is 32.2. The first kappa shape index (κ1) is 13.7. The molecule has 17 heavy (non-hydrogen) atoms. The number of amidine groups is 1.